The molecule has 0 bridgehead atoms. The molecule has 6 nitrogen and oxygen atoms in total. The summed E-state index contributed by atoms with van der Waals surface area (Å²) in [6.07, 6.45) is 0. The van der Waals surface area contributed by atoms with Gasteiger partial charge in [0.15, 0.2) is 11.6 Å². The molecule has 0 aliphatic heterocycles. The van der Waals surface area contributed by atoms with Crippen LogP contribution in [0.1, 0.15) is 75.7 Å². The van der Waals surface area contributed by atoms with Gasteiger partial charge < -0.3 is 0 Å². The topological polar surface area (TPSA) is 69.4 Å². The second kappa shape index (κ2) is 8.67. The number of aromatic nitrogens is 6. The third kappa shape index (κ3) is 5.02. The lowest BCUT2D eigenvalue weighted by Gasteiger charge is -2.22. The van der Waals surface area contributed by atoms with Gasteiger partial charge in [0.2, 0.25) is 0 Å². The summed E-state index contributed by atoms with van der Waals surface area (Å²) < 4.78 is 1.97. The normalized spacial score (nSPS) is 12.3. The molecule has 2 aromatic carbocycles. The molecule has 0 atom stereocenters. The monoisotopic (exact) mass is 468 g/mol. The van der Waals surface area contributed by atoms with Gasteiger partial charge in [-0.25, -0.2) is 24.6 Å². The fraction of sp³-hybridized carbons (Fsp3) is 0.414. The lowest BCUT2D eigenvalue weighted by atomic mass is 9.93. The molecule has 6 heteroatoms. The first kappa shape index (κ1) is 24.7. The summed E-state index contributed by atoms with van der Waals surface area (Å²) >= 11 is 0. The molecule has 0 saturated heterocycles. The maximum absolute atomic E-state index is 4.88. The molecular weight excluding hydrogens is 432 g/mol. The third-order valence-electron chi connectivity index (χ3n) is 5.92. The highest BCUT2D eigenvalue weighted by Gasteiger charge is 2.25. The number of nitrogens with zero attached hydrogens (tertiary/aromatic N) is 6. The van der Waals surface area contributed by atoms with Gasteiger partial charge in [0.05, 0.1) is 5.69 Å². The van der Waals surface area contributed by atoms with Crippen molar-refractivity contribution in [3.63, 3.8) is 0 Å². The van der Waals surface area contributed by atoms with Gasteiger partial charge in [-0.05, 0) is 44.9 Å². The Hall–Kier alpha value is -3.41. The fourth-order valence-electron chi connectivity index (χ4n) is 4.24. The molecule has 2 aromatic heterocycles. The standard InChI is InChI=1S/C29H36N6/c1-17-14-18(2)23(19(3)15-17)35-25(30-20(4)34-35)22-13-11-12-21(16-22)24-31-26(28(5,6)7)33-27(32-24)29(8,9)10/h11-16H,1-10H3. The maximum atomic E-state index is 4.88. The minimum Gasteiger partial charge on any atom is -0.217 e. The average Bonchev–Trinajstić information content (AvgIpc) is 3.12. The first-order chi connectivity index (χ1) is 16.2. The van der Waals surface area contributed by atoms with Crippen LogP contribution in [0.4, 0.5) is 0 Å². The molecule has 4 rings (SSSR count). The van der Waals surface area contributed by atoms with Crippen molar-refractivity contribution in [3.8, 4) is 28.5 Å². The number of hydrogen-bond acceptors (Lipinski definition) is 5. The molecule has 0 spiro atoms. The third-order valence-corrected chi connectivity index (χ3v) is 5.92. The lowest BCUT2D eigenvalue weighted by Crippen LogP contribution is -2.24. The van der Waals surface area contributed by atoms with E-state index in [1.165, 1.54) is 16.7 Å². The predicted molar refractivity (Wildman–Crippen MR) is 142 cm³/mol. The summed E-state index contributed by atoms with van der Waals surface area (Å²) in [5.74, 6) is 3.81. The van der Waals surface area contributed by atoms with Crippen LogP contribution < -0.4 is 0 Å². The summed E-state index contributed by atoms with van der Waals surface area (Å²) in [5, 5.41) is 4.77. The quantitative estimate of drug-likeness (QED) is 0.338. The second-order valence-corrected chi connectivity index (χ2v) is 11.5. The van der Waals surface area contributed by atoms with Crippen LogP contribution in [0.5, 0.6) is 0 Å². The highest BCUT2D eigenvalue weighted by Crippen LogP contribution is 2.30. The van der Waals surface area contributed by atoms with Crippen molar-refractivity contribution in [2.75, 3.05) is 0 Å². The number of aryl methyl sites for hydroxylation is 4. The molecule has 35 heavy (non-hydrogen) atoms. The summed E-state index contributed by atoms with van der Waals surface area (Å²) in [6, 6.07) is 12.6. The van der Waals surface area contributed by atoms with Crippen LogP contribution in [-0.4, -0.2) is 29.7 Å². The van der Waals surface area contributed by atoms with E-state index < -0.39 is 0 Å². The molecule has 0 aliphatic rings. The largest absolute Gasteiger partial charge is 0.217 e. The Balaban J connectivity index is 1.89. The van der Waals surface area contributed by atoms with E-state index in [1.54, 1.807) is 0 Å². The van der Waals surface area contributed by atoms with Gasteiger partial charge in [-0.2, -0.15) is 5.10 Å². The van der Waals surface area contributed by atoms with Crippen molar-refractivity contribution >= 4 is 0 Å². The van der Waals surface area contributed by atoms with Gasteiger partial charge in [0, 0.05) is 22.0 Å². The molecule has 4 aromatic rings. The van der Waals surface area contributed by atoms with Crippen LogP contribution in [0.25, 0.3) is 28.5 Å². The average molecular weight is 469 g/mol. The lowest BCUT2D eigenvalue weighted by molar-refractivity contribution is 0.497. The SMILES string of the molecule is Cc1cc(C)c(-n2nc(C)nc2-c2cccc(-c3nc(C(C)(C)C)nc(C(C)(C)C)n3)c2)c(C)c1. The highest BCUT2D eigenvalue weighted by molar-refractivity contribution is 5.68. The summed E-state index contributed by atoms with van der Waals surface area (Å²) in [7, 11) is 0. The molecular formula is C29H36N6. The van der Waals surface area contributed by atoms with Gasteiger partial charge in [-0.1, -0.05) is 77.4 Å². The van der Waals surface area contributed by atoms with Gasteiger partial charge in [0.1, 0.15) is 17.5 Å². The molecule has 0 saturated carbocycles. The Bertz CT molecular complexity index is 1340. The minimum atomic E-state index is -0.187. The van der Waals surface area contributed by atoms with Gasteiger partial charge in [0.25, 0.3) is 0 Å². The molecule has 0 aliphatic carbocycles. The van der Waals surface area contributed by atoms with E-state index in [0.717, 1.165) is 40.1 Å². The van der Waals surface area contributed by atoms with E-state index in [-0.39, 0.29) is 10.8 Å². The Labute approximate surface area is 208 Å². The van der Waals surface area contributed by atoms with Crippen molar-refractivity contribution in [3.05, 3.63) is 70.6 Å². The Morgan fingerprint density at radius 1 is 0.657 bits per heavy atom. The summed E-state index contributed by atoms with van der Waals surface area (Å²) in [4.78, 5) is 19.4. The zero-order chi connectivity index (χ0) is 25.7. The van der Waals surface area contributed by atoms with Crippen LogP contribution in [0.2, 0.25) is 0 Å². The Morgan fingerprint density at radius 2 is 1.20 bits per heavy atom. The molecule has 0 amide bonds. The van der Waals surface area contributed by atoms with Crippen molar-refractivity contribution < 1.29 is 0 Å². The Kier molecular flexibility index (Phi) is 6.12. The molecule has 0 unspecified atom stereocenters. The first-order valence-electron chi connectivity index (χ1n) is 12.1. The van der Waals surface area contributed by atoms with Crippen LogP contribution >= 0.6 is 0 Å². The van der Waals surface area contributed by atoms with Crippen molar-refractivity contribution in [1.82, 2.24) is 29.7 Å². The van der Waals surface area contributed by atoms with E-state index >= 15 is 0 Å². The fourth-order valence-corrected chi connectivity index (χ4v) is 4.24. The van der Waals surface area contributed by atoms with Crippen LogP contribution in [0.3, 0.4) is 0 Å². The maximum Gasteiger partial charge on any atom is 0.163 e. The van der Waals surface area contributed by atoms with Gasteiger partial charge >= 0.3 is 0 Å². The zero-order valence-electron chi connectivity index (χ0n) is 22.6. The zero-order valence-corrected chi connectivity index (χ0v) is 22.6. The van der Waals surface area contributed by atoms with E-state index in [0.29, 0.717) is 5.82 Å². The van der Waals surface area contributed by atoms with Crippen molar-refractivity contribution in [1.29, 1.82) is 0 Å². The highest BCUT2D eigenvalue weighted by atomic mass is 15.4. The molecule has 2 heterocycles. The van der Waals surface area contributed by atoms with E-state index in [4.69, 9.17) is 25.0 Å². The number of rotatable bonds is 3. The molecule has 0 fully saturated rings. The van der Waals surface area contributed by atoms with E-state index in [2.05, 4.69) is 86.6 Å². The minimum absolute atomic E-state index is 0.187. The molecule has 182 valence electrons. The van der Waals surface area contributed by atoms with Gasteiger partial charge in [-0.15, -0.1) is 0 Å². The van der Waals surface area contributed by atoms with Gasteiger partial charge in [-0.3, -0.25) is 0 Å². The molecule has 0 N–H and O–H groups in total. The summed E-state index contributed by atoms with van der Waals surface area (Å²) in [5.41, 5.74) is 6.19. The van der Waals surface area contributed by atoms with E-state index in [9.17, 15) is 0 Å². The Morgan fingerprint density at radius 3 is 1.74 bits per heavy atom. The van der Waals surface area contributed by atoms with Crippen LogP contribution in [0.15, 0.2) is 36.4 Å². The van der Waals surface area contributed by atoms with Crippen molar-refractivity contribution in [2.45, 2.75) is 80.1 Å². The van der Waals surface area contributed by atoms with E-state index in [1.807, 2.05) is 23.7 Å². The summed E-state index contributed by atoms with van der Waals surface area (Å²) in [6.45, 7) is 21.1. The first-order valence-corrected chi connectivity index (χ1v) is 12.1. The number of hydrogen-bond donors (Lipinski definition) is 0. The van der Waals surface area contributed by atoms with Crippen molar-refractivity contribution in [2.24, 2.45) is 0 Å². The van der Waals surface area contributed by atoms with Crippen LogP contribution in [0, 0.1) is 27.7 Å². The molecule has 0 radical (unpaired) electrons. The second-order valence-electron chi connectivity index (χ2n) is 11.5. The van der Waals surface area contributed by atoms with Crippen LogP contribution in [-0.2, 0) is 10.8 Å². The predicted octanol–water partition coefficient (Wildman–Crippen LogP) is 6.61. The smallest absolute Gasteiger partial charge is 0.163 e. The number of benzene rings is 2.